The highest BCUT2D eigenvalue weighted by molar-refractivity contribution is 5.28. The standard InChI is InChI=1S/C18H23NO/c1-15(13-19)7-8-16-9-11-18(12-10-16)20-14-17-5-3-2-4-6-17/h2-6,9-12,15H,7-8,13-14,19H2,1H3. The first kappa shape index (κ1) is 14.6. The molecule has 0 aliphatic rings. The number of aryl methyl sites for hydroxylation is 1. The van der Waals surface area contributed by atoms with Crippen LogP contribution in [0.2, 0.25) is 0 Å². The van der Waals surface area contributed by atoms with Crippen LogP contribution in [-0.4, -0.2) is 6.54 Å². The van der Waals surface area contributed by atoms with Crippen LogP contribution in [0.4, 0.5) is 0 Å². The highest BCUT2D eigenvalue weighted by Gasteiger charge is 2.01. The molecule has 2 N–H and O–H groups in total. The largest absolute Gasteiger partial charge is 0.489 e. The second-order valence-corrected chi connectivity index (χ2v) is 5.30. The van der Waals surface area contributed by atoms with Gasteiger partial charge < -0.3 is 10.5 Å². The molecular formula is C18H23NO. The van der Waals surface area contributed by atoms with E-state index in [1.165, 1.54) is 11.1 Å². The van der Waals surface area contributed by atoms with Gasteiger partial charge in [-0.15, -0.1) is 0 Å². The second kappa shape index (κ2) is 7.71. The third kappa shape index (κ3) is 4.71. The van der Waals surface area contributed by atoms with Crippen LogP contribution < -0.4 is 10.5 Å². The van der Waals surface area contributed by atoms with Gasteiger partial charge in [0.25, 0.3) is 0 Å². The van der Waals surface area contributed by atoms with Crippen LogP contribution in [0.1, 0.15) is 24.5 Å². The molecule has 0 radical (unpaired) electrons. The van der Waals surface area contributed by atoms with E-state index in [4.69, 9.17) is 10.5 Å². The van der Waals surface area contributed by atoms with Crippen molar-refractivity contribution in [3.8, 4) is 5.75 Å². The van der Waals surface area contributed by atoms with Crippen LogP contribution in [0.15, 0.2) is 54.6 Å². The van der Waals surface area contributed by atoms with E-state index in [2.05, 4.69) is 31.2 Å². The fourth-order valence-electron chi connectivity index (χ4n) is 2.02. The van der Waals surface area contributed by atoms with Gasteiger partial charge in [0.2, 0.25) is 0 Å². The van der Waals surface area contributed by atoms with Gasteiger partial charge in [0.1, 0.15) is 12.4 Å². The number of rotatable bonds is 7. The molecule has 2 heteroatoms. The molecule has 0 fully saturated rings. The smallest absolute Gasteiger partial charge is 0.119 e. The van der Waals surface area contributed by atoms with Gasteiger partial charge in [0, 0.05) is 0 Å². The Kier molecular flexibility index (Phi) is 5.63. The third-order valence-corrected chi connectivity index (χ3v) is 3.50. The predicted molar refractivity (Wildman–Crippen MR) is 83.8 cm³/mol. The van der Waals surface area contributed by atoms with E-state index in [1.807, 2.05) is 30.3 Å². The van der Waals surface area contributed by atoms with Crippen molar-refractivity contribution in [2.45, 2.75) is 26.4 Å². The number of benzene rings is 2. The molecule has 0 aliphatic heterocycles. The molecule has 2 nitrogen and oxygen atoms in total. The average Bonchev–Trinajstić information content (AvgIpc) is 2.52. The van der Waals surface area contributed by atoms with Gasteiger partial charge in [-0.3, -0.25) is 0 Å². The molecule has 0 aliphatic carbocycles. The topological polar surface area (TPSA) is 35.2 Å². The maximum Gasteiger partial charge on any atom is 0.119 e. The molecule has 20 heavy (non-hydrogen) atoms. The minimum atomic E-state index is 0.587. The summed E-state index contributed by atoms with van der Waals surface area (Å²) >= 11 is 0. The van der Waals surface area contributed by atoms with Gasteiger partial charge >= 0.3 is 0 Å². The van der Waals surface area contributed by atoms with Gasteiger partial charge in [-0.05, 0) is 48.6 Å². The molecule has 2 aromatic rings. The first-order chi connectivity index (χ1) is 9.78. The van der Waals surface area contributed by atoms with Gasteiger partial charge in [-0.1, -0.05) is 49.4 Å². The van der Waals surface area contributed by atoms with E-state index >= 15 is 0 Å². The summed E-state index contributed by atoms with van der Waals surface area (Å²) in [5.74, 6) is 1.51. The number of hydrogen-bond donors (Lipinski definition) is 1. The lowest BCUT2D eigenvalue weighted by Crippen LogP contribution is -2.11. The molecule has 0 amide bonds. The predicted octanol–water partition coefficient (Wildman–Crippen LogP) is 3.79. The molecule has 0 aromatic heterocycles. The van der Waals surface area contributed by atoms with Crippen LogP contribution in [0.25, 0.3) is 0 Å². The highest BCUT2D eigenvalue weighted by Crippen LogP contribution is 2.16. The molecule has 0 saturated carbocycles. The summed E-state index contributed by atoms with van der Waals surface area (Å²) in [6.45, 7) is 3.57. The summed E-state index contributed by atoms with van der Waals surface area (Å²) in [6, 6.07) is 18.6. The monoisotopic (exact) mass is 269 g/mol. The zero-order chi connectivity index (χ0) is 14.2. The second-order valence-electron chi connectivity index (χ2n) is 5.30. The minimum Gasteiger partial charge on any atom is -0.489 e. The van der Waals surface area contributed by atoms with E-state index < -0.39 is 0 Å². The third-order valence-electron chi connectivity index (χ3n) is 3.50. The number of hydrogen-bond acceptors (Lipinski definition) is 2. The first-order valence-corrected chi connectivity index (χ1v) is 7.23. The summed E-state index contributed by atoms with van der Waals surface area (Å²) < 4.78 is 5.77. The average molecular weight is 269 g/mol. The fraction of sp³-hybridized carbons (Fsp3) is 0.333. The SMILES string of the molecule is CC(CN)CCc1ccc(OCc2ccccc2)cc1. The molecular weight excluding hydrogens is 246 g/mol. The van der Waals surface area contributed by atoms with Crippen molar-refractivity contribution in [1.29, 1.82) is 0 Å². The van der Waals surface area contributed by atoms with Crippen molar-refractivity contribution in [1.82, 2.24) is 0 Å². The molecule has 0 saturated heterocycles. The Hall–Kier alpha value is -1.80. The quantitative estimate of drug-likeness (QED) is 0.830. The van der Waals surface area contributed by atoms with Crippen LogP contribution in [0.5, 0.6) is 5.75 Å². The summed E-state index contributed by atoms with van der Waals surface area (Å²) in [7, 11) is 0. The van der Waals surface area contributed by atoms with Gasteiger partial charge in [-0.25, -0.2) is 0 Å². The van der Waals surface area contributed by atoms with E-state index in [9.17, 15) is 0 Å². The van der Waals surface area contributed by atoms with Crippen molar-refractivity contribution in [2.75, 3.05) is 6.54 Å². The maximum atomic E-state index is 5.77. The zero-order valence-electron chi connectivity index (χ0n) is 12.1. The van der Waals surface area contributed by atoms with Crippen LogP contribution in [0.3, 0.4) is 0 Å². The maximum absolute atomic E-state index is 5.77. The Labute approximate surface area is 121 Å². The molecule has 0 heterocycles. The van der Waals surface area contributed by atoms with Crippen molar-refractivity contribution in [3.05, 3.63) is 65.7 Å². The molecule has 1 unspecified atom stereocenters. The lowest BCUT2D eigenvalue weighted by Gasteiger charge is -2.09. The van der Waals surface area contributed by atoms with Gasteiger partial charge in [-0.2, -0.15) is 0 Å². The van der Waals surface area contributed by atoms with Gasteiger partial charge in [0.15, 0.2) is 0 Å². The van der Waals surface area contributed by atoms with Crippen LogP contribution in [-0.2, 0) is 13.0 Å². The summed E-state index contributed by atoms with van der Waals surface area (Å²) in [6.07, 6.45) is 2.22. The Morgan fingerprint density at radius 3 is 2.30 bits per heavy atom. The van der Waals surface area contributed by atoms with Crippen LogP contribution >= 0.6 is 0 Å². The van der Waals surface area contributed by atoms with Crippen molar-refractivity contribution < 1.29 is 4.74 Å². The lowest BCUT2D eigenvalue weighted by atomic mass is 10.0. The van der Waals surface area contributed by atoms with Crippen molar-refractivity contribution in [2.24, 2.45) is 11.7 Å². The fourth-order valence-corrected chi connectivity index (χ4v) is 2.02. The zero-order valence-corrected chi connectivity index (χ0v) is 12.1. The molecule has 2 rings (SSSR count). The molecule has 0 bridgehead atoms. The molecule has 106 valence electrons. The lowest BCUT2D eigenvalue weighted by molar-refractivity contribution is 0.306. The number of ether oxygens (including phenoxy) is 1. The molecule has 0 spiro atoms. The van der Waals surface area contributed by atoms with E-state index in [1.54, 1.807) is 0 Å². The Bertz CT molecular complexity index is 493. The Balaban J connectivity index is 1.82. The summed E-state index contributed by atoms with van der Waals surface area (Å²) in [5.41, 5.74) is 8.17. The van der Waals surface area contributed by atoms with Crippen LogP contribution in [0, 0.1) is 5.92 Å². The summed E-state index contributed by atoms with van der Waals surface area (Å²) in [5, 5.41) is 0. The highest BCUT2D eigenvalue weighted by atomic mass is 16.5. The minimum absolute atomic E-state index is 0.587. The Morgan fingerprint density at radius 2 is 1.65 bits per heavy atom. The molecule has 2 aromatic carbocycles. The van der Waals surface area contributed by atoms with E-state index in [-0.39, 0.29) is 0 Å². The van der Waals surface area contributed by atoms with E-state index in [0.29, 0.717) is 12.5 Å². The first-order valence-electron chi connectivity index (χ1n) is 7.23. The van der Waals surface area contributed by atoms with Crippen molar-refractivity contribution in [3.63, 3.8) is 0 Å². The number of nitrogens with two attached hydrogens (primary N) is 1. The van der Waals surface area contributed by atoms with Crippen molar-refractivity contribution >= 4 is 0 Å². The Morgan fingerprint density at radius 1 is 0.950 bits per heavy atom. The normalized spacial score (nSPS) is 12.1. The summed E-state index contributed by atoms with van der Waals surface area (Å²) in [4.78, 5) is 0. The van der Waals surface area contributed by atoms with Gasteiger partial charge in [0.05, 0.1) is 0 Å². The molecule has 1 atom stereocenters. The van der Waals surface area contributed by atoms with E-state index in [0.717, 1.165) is 25.1 Å².